The summed E-state index contributed by atoms with van der Waals surface area (Å²) in [6, 6.07) is 11.5. The molecule has 1 aromatic carbocycles. The molecule has 6 nitrogen and oxygen atoms in total. The summed E-state index contributed by atoms with van der Waals surface area (Å²) >= 11 is 0. The molecule has 0 atom stereocenters. The fourth-order valence-corrected chi connectivity index (χ4v) is 2.57. The molecule has 0 spiro atoms. The third-order valence-electron chi connectivity index (χ3n) is 3.67. The highest BCUT2D eigenvalue weighted by Crippen LogP contribution is 2.25. The maximum Gasteiger partial charge on any atom is 0.224 e. The molecule has 2 heterocycles. The van der Waals surface area contributed by atoms with Crippen LogP contribution in [0.15, 0.2) is 55.4 Å². The molecule has 2 aromatic heterocycles. The average molecular weight is 317 g/mol. The molecule has 118 valence electrons. The fraction of sp³-hybridized carbons (Fsp3) is 0.111. The number of benzene rings is 1. The Labute approximate surface area is 139 Å². The molecule has 0 aliphatic rings. The molecule has 0 bridgehead atoms. The van der Waals surface area contributed by atoms with E-state index < -0.39 is 0 Å². The van der Waals surface area contributed by atoms with Gasteiger partial charge in [-0.25, -0.2) is 9.50 Å². The SMILES string of the molecule is C=CCN(C(C)=O)c1cccc(-c2ccnc3c(C#N)cnn23)c1. The van der Waals surface area contributed by atoms with E-state index in [1.165, 1.54) is 13.1 Å². The van der Waals surface area contributed by atoms with Crippen LogP contribution in [0.5, 0.6) is 0 Å². The van der Waals surface area contributed by atoms with Crippen LogP contribution in [0.25, 0.3) is 16.9 Å². The number of amides is 1. The molecule has 1 amide bonds. The number of anilines is 1. The van der Waals surface area contributed by atoms with Gasteiger partial charge in [-0.05, 0) is 18.2 Å². The van der Waals surface area contributed by atoms with Gasteiger partial charge < -0.3 is 4.90 Å². The summed E-state index contributed by atoms with van der Waals surface area (Å²) in [5.74, 6) is -0.0576. The lowest BCUT2D eigenvalue weighted by molar-refractivity contribution is -0.116. The van der Waals surface area contributed by atoms with Crippen LogP contribution in [0.2, 0.25) is 0 Å². The van der Waals surface area contributed by atoms with Gasteiger partial charge in [-0.2, -0.15) is 10.4 Å². The molecular weight excluding hydrogens is 302 g/mol. The van der Waals surface area contributed by atoms with E-state index in [-0.39, 0.29) is 5.91 Å². The van der Waals surface area contributed by atoms with Gasteiger partial charge in [-0.15, -0.1) is 6.58 Å². The zero-order valence-corrected chi connectivity index (χ0v) is 13.2. The van der Waals surface area contributed by atoms with Gasteiger partial charge in [0, 0.05) is 30.9 Å². The summed E-state index contributed by atoms with van der Waals surface area (Å²) in [7, 11) is 0. The van der Waals surface area contributed by atoms with Crippen LogP contribution in [0.1, 0.15) is 12.5 Å². The number of aromatic nitrogens is 3. The van der Waals surface area contributed by atoms with Crippen molar-refractivity contribution in [2.45, 2.75) is 6.92 Å². The van der Waals surface area contributed by atoms with Crippen molar-refractivity contribution in [3.8, 4) is 17.3 Å². The van der Waals surface area contributed by atoms with E-state index in [1.54, 1.807) is 21.7 Å². The van der Waals surface area contributed by atoms with Crippen LogP contribution in [-0.4, -0.2) is 27.0 Å². The van der Waals surface area contributed by atoms with Gasteiger partial charge in [0.15, 0.2) is 5.65 Å². The highest BCUT2D eigenvalue weighted by Gasteiger charge is 2.13. The van der Waals surface area contributed by atoms with E-state index in [2.05, 4.69) is 22.7 Å². The van der Waals surface area contributed by atoms with Gasteiger partial charge >= 0.3 is 0 Å². The summed E-state index contributed by atoms with van der Waals surface area (Å²) in [6.45, 7) is 5.65. The Morgan fingerprint density at radius 3 is 3.00 bits per heavy atom. The number of carbonyl (C=O) groups is 1. The Balaban J connectivity index is 2.13. The summed E-state index contributed by atoms with van der Waals surface area (Å²) in [5, 5.41) is 13.4. The Morgan fingerprint density at radius 1 is 1.46 bits per heavy atom. The Morgan fingerprint density at radius 2 is 2.29 bits per heavy atom. The molecule has 0 N–H and O–H groups in total. The fourth-order valence-electron chi connectivity index (χ4n) is 2.57. The molecule has 6 heteroatoms. The minimum absolute atomic E-state index is 0.0576. The van der Waals surface area contributed by atoms with Gasteiger partial charge in [0.2, 0.25) is 5.91 Å². The number of hydrogen-bond donors (Lipinski definition) is 0. The molecule has 0 fully saturated rings. The smallest absolute Gasteiger partial charge is 0.224 e. The molecule has 24 heavy (non-hydrogen) atoms. The van der Waals surface area contributed by atoms with E-state index in [1.807, 2.05) is 30.3 Å². The normalized spacial score (nSPS) is 10.3. The molecule has 0 radical (unpaired) electrons. The predicted molar refractivity (Wildman–Crippen MR) is 91.4 cm³/mol. The number of fused-ring (bicyclic) bond motifs is 1. The maximum atomic E-state index is 11.9. The van der Waals surface area contributed by atoms with Crippen molar-refractivity contribution in [2.75, 3.05) is 11.4 Å². The van der Waals surface area contributed by atoms with Crippen LogP contribution in [0, 0.1) is 11.3 Å². The minimum atomic E-state index is -0.0576. The van der Waals surface area contributed by atoms with Gasteiger partial charge in [-0.1, -0.05) is 18.2 Å². The molecule has 3 rings (SSSR count). The van der Waals surface area contributed by atoms with Crippen LogP contribution < -0.4 is 4.90 Å². The highest BCUT2D eigenvalue weighted by molar-refractivity contribution is 5.92. The number of nitriles is 1. The molecule has 0 saturated heterocycles. The molecule has 0 aliphatic heterocycles. The van der Waals surface area contributed by atoms with E-state index in [9.17, 15) is 4.79 Å². The number of rotatable bonds is 4. The van der Waals surface area contributed by atoms with Crippen LogP contribution in [0.4, 0.5) is 5.69 Å². The first-order valence-electron chi connectivity index (χ1n) is 7.38. The zero-order valence-electron chi connectivity index (χ0n) is 13.2. The summed E-state index contributed by atoms with van der Waals surface area (Å²) in [6.07, 6.45) is 4.83. The van der Waals surface area contributed by atoms with E-state index in [0.29, 0.717) is 17.8 Å². The Hall–Kier alpha value is -3.46. The van der Waals surface area contributed by atoms with Crippen molar-refractivity contribution in [2.24, 2.45) is 0 Å². The van der Waals surface area contributed by atoms with E-state index >= 15 is 0 Å². The molecule has 0 aliphatic carbocycles. The lowest BCUT2D eigenvalue weighted by Gasteiger charge is -2.20. The quantitative estimate of drug-likeness (QED) is 0.693. The predicted octanol–water partition coefficient (Wildman–Crippen LogP) is 2.81. The van der Waals surface area contributed by atoms with Crippen molar-refractivity contribution < 1.29 is 4.79 Å². The monoisotopic (exact) mass is 317 g/mol. The van der Waals surface area contributed by atoms with Crippen molar-refractivity contribution in [3.05, 3.63) is 60.9 Å². The first-order valence-corrected chi connectivity index (χ1v) is 7.38. The molecule has 0 unspecified atom stereocenters. The maximum absolute atomic E-state index is 11.9. The van der Waals surface area contributed by atoms with Gasteiger partial charge in [0.1, 0.15) is 11.6 Å². The minimum Gasteiger partial charge on any atom is -0.309 e. The largest absolute Gasteiger partial charge is 0.309 e. The van der Waals surface area contributed by atoms with Crippen LogP contribution >= 0.6 is 0 Å². The summed E-state index contributed by atoms with van der Waals surface area (Å²) < 4.78 is 1.63. The van der Waals surface area contributed by atoms with Crippen LogP contribution in [-0.2, 0) is 4.79 Å². The highest BCUT2D eigenvalue weighted by atomic mass is 16.2. The second kappa shape index (κ2) is 6.34. The zero-order chi connectivity index (χ0) is 17.1. The first kappa shape index (κ1) is 15.4. The number of hydrogen-bond acceptors (Lipinski definition) is 4. The first-order chi connectivity index (χ1) is 11.7. The summed E-state index contributed by atoms with van der Waals surface area (Å²) in [5.41, 5.74) is 3.38. The topological polar surface area (TPSA) is 74.3 Å². The lowest BCUT2D eigenvalue weighted by Crippen LogP contribution is -2.28. The van der Waals surface area contributed by atoms with Crippen LogP contribution in [0.3, 0.4) is 0 Å². The Bertz CT molecular complexity index is 967. The molecular formula is C18H15N5O. The van der Waals surface area contributed by atoms with Gasteiger partial charge in [0.25, 0.3) is 0 Å². The Kier molecular flexibility index (Phi) is 4.08. The summed E-state index contributed by atoms with van der Waals surface area (Å²) in [4.78, 5) is 17.7. The lowest BCUT2D eigenvalue weighted by atomic mass is 10.1. The standard InChI is InChI=1S/C18H15N5O/c1-3-9-22(13(2)24)16-6-4-5-14(10-16)17-7-8-20-18-15(11-19)12-21-23(17)18/h3-8,10,12H,1,9H2,2H3. The van der Waals surface area contributed by atoms with Gasteiger partial charge in [-0.3, -0.25) is 4.79 Å². The molecule has 0 saturated carbocycles. The van der Waals surface area contributed by atoms with Crippen molar-refractivity contribution in [3.63, 3.8) is 0 Å². The molecule has 3 aromatic rings. The second-order valence-electron chi connectivity index (χ2n) is 5.20. The van der Waals surface area contributed by atoms with Crippen molar-refractivity contribution in [1.29, 1.82) is 5.26 Å². The van der Waals surface area contributed by atoms with Gasteiger partial charge in [0.05, 0.1) is 11.9 Å². The number of nitrogens with zero attached hydrogens (tertiary/aromatic N) is 5. The second-order valence-corrected chi connectivity index (χ2v) is 5.20. The average Bonchev–Trinajstić information content (AvgIpc) is 3.02. The van der Waals surface area contributed by atoms with E-state index in [4.69, 9.17) is 5.26 Å². The third-order valence-corrected chi connectivity index (χ3v) is 3.67. The third kappa shape index (κ3) is 2.63. The van der Waals surface area contributed by atoms with E-state index in [0.717, 1.165) is 16.9 Å². The van der Waals surface area contributed by atoms with Crippen molar-refractivity contribution >= 4 is 17.2 Å². The number of carbonyl (C=O) groups excluding carboxylic acids is 1. The van der Waals surface area contributed by atoms with Crippen molar-refractivity contribution in [1.82, 2.24) is 14.6 Å².